The largest absolute Gasteiger partial charge is 0.315 e. The van der Waals surface area contributed by atoms with Gasteiger partial charge in [0.25, 0.3) is 0 Å². The molecule has 2 nitrogen and oxygen atoms in total. The van der Waals surface area contributed by atoms with Gasteiger partial charge in [0.1, 0.15) is 0 Å². The summed E-state index contributed by atoms with van der Waals surface area (Å²) in [6.07, 6.45) is 0.571. The van der Waals surface area contributed by atoms with Crippen molar-refractivity contribution in [3.63, 3.8) is 0 Å². The Balaban J connectivity index is 2.88. The zero-order valence-corrected chi connectivity index (χ0v) is 12.2. The summed E-state index contributed by atoms with van der Waals surface area (Å²) in [5, 5.41) is 11.9. The standard InChI is InChI=1S/C16H24N2/c1-12-9-13(2)15(14(3)10-12)16(4,5)11-18-8-6-7-17/h9-10,18H,6,8,11H2,1-5H3. The minimum atomic E-state index is 0.0946. The van der Waals surface area contributed by atoms with Crippen molar-refractivity contribution in [1.29, 1.82) is 5.26 Å². The molecule has 0 aliphatic rings. The van der Waals surface area contributed by atoms with Crippen LogP contribution >= 0.6 is 0 Å². The normalized spacial score (nSPS) is 11.3. The number of nitriles is 1. The molecule has 98 valence electrons. The maximum atomic E-state index is 8.54. The highest BCUT2D eigenvalue weighted by Gasteiger charge is 2.24. The van der Waals surface area contributed by atoms with Crippen LogP contribution in [0.5, 0.6) is 0 Å². The number of nitrogens with zero attached hydrogens (tertiary/aromatic N) is 1. The Bertz CT molecular complexity index is 430. The van der Waals surface area contributed by atoms with E-state index in [2.05, 4.69) is 58.1 Å². The van der Waals surface area contributed by atoms with Crippen molar-refractivity contribution in [2.75, 3.05) is 13.1 Å². The van der Waals surface area contributed by atoms with Crippen LogP contribution in [0.1, 0.15) is 42.5 Å². The number of nitrogens with one attached hydrogen (secondary N) is 1. The molecule has 0 aliphatic carbocycles. The highest BCUT2D eigenvalue weighted by Crippen LogP contribution is 2.29. The SMILES string of the molecule is Cc1cc(C)c(C(C)(C)CNCCC#N)c(C)c1. The van der Waals surface area contributed by atoms with Crippen molar-refractivity contribution in [2.24, 2.45) is 0 Å². The quantitative estimate of drug-likeness (QED) is 0.806. The summed E-state index contributed by atoms with van der Waals surface area (Å²) in [6, 6.07) is 6.66. The van der Waals surface area contributed by atoms with Gasteiger partial charge in [-0.2, -0.15) is 5.26 Å². The number of hydrogen-bond acceptors (Lipinski definition) is 2. The van der Waals surface area contributed by atoms with Crippen LogP contribution in [0.2, 0.25) is 0 Å². The molecule has 0 fully saturated rings. The molecule has 0 aliphatic heterocycles. The summed E-state index contributed by atoms with van der Waals surface area (Å²) in [6.45, 7) is 12.7. The molecule has 0 saturated heterocycles. The van der Waals surface area contributed by atoms with E-state index < -0.39 is 0 Å². The predicted molar refractivity (Wildman–Crippen MR) is 76.8 cm³/mol. The first kappa shape index (κ1) is 14.7. The van der Waals surface area contributed by atoms with Crippen molar-refractivity contribution in [2.45, 2.75) is 46.5 Å². The van der Waals surface area contributed by atoms with Gasteiger partial charge in [0.2, 0.25) is 0 Å². The Kier molecular flexibility index (Phi) is 4.93. The van der Waals surface area contributed by atoms with E-state index in [1.165, 1.54) is 22.3 Å². The van der Waals surface area contributed by atoms with E-state index in [9.17, 15) is 0 Å². The maximum absolute atomic E-state index is 8.54. The van der Waals surface area contributed by atoms with Gasteiger partial charge >= 0.3 is 0 Å². The van der Waals surface area contributed by atoms with Gasteiger partial charge in [-0.1, -0.05) is 31.5 Å². The minimum absolute atomic E-state index is 0.0946. The number of aryl methyl sites for hydroxylation is 3. The average molecular weight is 244 g/mol. The van der Waals surface area contributed by atoms with Crippen molar-refractivity contribution >= 4 is 0 Å². The van der Waals surface area contributed by atoms with Gasteiger partial charge in [0.05, 0.1) is 6.07 Å². The third-order valence-electron chi connectivity index (χ3n) is 3.33. The molecule has 0 radical (unpaired) electrons. The molecule has 0 heterocycles. The fourth-order valence-electron chi connectivity index (χ4n) is 2.88. The van der Waals surface area contributed by atoms with Gasteiger partial charge in [0.15, 0.2) is 0 Å². The summed E-state index contributed by atoms with van der Waals surface area (Å²) >= 11 is 0. The van der Waals surface area contributed by atoms with Crippen molar-refractivity contribution in [3.05, 3.63) is 34.4 Å². The highest BCUT2D eigenvalue weighted by molar-refractivity contribution is 5.42. The van der Waals surface area contributed by atoms with Gasteiger partial charge in [-0.25, -0.2) is 0 Å². The van der Waals surface area contributed by atoms with Gasteiger partial charge in [0, 0.05) is 24.9 Å². The van der Waals surface area contributed by atoms with E-state index in [1.807, 2.05) is 0 Å². The Hall–Kier alpha value is -1.33. The van der Waals surface area contributed by atoms with Crippen LogP contribution in [0.25, 0.3) is 0 Å². The zero-order chi connectivity index (χ0) is 13.8. The van der Waals surface area contributed by atoms with Crippen molar-refractivity contribution in [1.82, 2.24) is 5.32 Å². The molecule has 0 bridgehead atoms. The molecule has 0 unspecified atom stereocenters. The number of rotatable bonds is 5. The number of benzene rings is 1. The molecule has 0 atom stereocenters. The molecule has 0 saturated carbocycles. The maximum Gasteiger partial charge on any atom is 0.0635 e. The van der Waals surface area contributed by atoms with Crippen LogP contribution in [0.4, 0.5) is 0 Å². The summed E-state index contributed by atoms with van der Waals surface area (Å²) in [5.41, 5.74) is 5.57. The lowest BCUT2D eigenvalue weighted by atomic mass is 9.79. The first-order valence-corrected chi connectivity index (χ1v) is 6.54. The molecular weight excluding hydrogens is 220 g/mol. The monoisotopic (exact) mass is 244 g/mol. The van der Waals surface area contributed by atoms with Crippen molar-refractivity contribution < 1.29 is 0 Å². The molecule has 1 aromatic rings. The van der Waals surface area contributed by atoms with Gasteiger partial charge in [-0.3, -0.25) is 0 Å². The Labute approximate surface area is 111 Å². The second-order valence-electron chi connectivity index (χ2n) is 5.74. The molecule has 1 aromatic carbocycles. The van der Waals surface area contributed by atoms with Crippen LogP contribution in [0.15, 0.2) is 12.1 Å². The Morgan fingerprint density at radius 1 is 1.17 bits per heavy atom. The molecular formula is C16H24N2. The molecule has 1 N–H and O–H groups in total. The fourth-order valence-corrected chi connectivity index (χ4v) is 2.88. The van der Waals surface area contributed by atoms with Crippen LogP contribution < -0.4 is 5.32 Å². The van der Waals surface area contributed by atoms with Gasteiger partial charge < -0.3 is 5.32 Å². The summed E-state index contributed by atoms with van der Waals surface area (Å²) in [5.74, 6) is 0. The van der Waals surface area contributed by atoms with E-state index in [0.717, 1.165) is 13.1 Å². The zero-order valence-electron chi connectivity index (χ0n) is 12.2. The molecule has 0 aromatic heterocycles. The first-order chi connectivity index (χ1) is 8.38. The highest BCUT2D eigenvalue weighted by atomic mass is 14.9. The lowest BCUT2D eigenvalue weighted by Crippen LogP contribution is -2.34. The third kappa shape index (κ3) is 3.58. The minimum Gasteiger partial charge on any atom is -0.315 e. The van der Waals surface area contributed by atoms with Crippen molar-refractivity contribution in [3.8, 4) is 6.07 Å². The summed E-state index contributed by atoms with van der Waals surface area (Å²) < 4.78 is 0. The van der Waals surface area contributed by atoms with E-state index >= 15 is 0 Å². The van der Waals surface area contributed by atoms with Gasteiger partial charge in [-0.15, -0.1) is 0 Å². The third-order valence-corrected chi connectivity index (χ3v) is 3.33. The van der Waals surface area contributed by atoms with E-state index in [4.69, 9.17) is 5.26 Å². The van der Waals surface area contributed by atoms with Gasteiger partial charge in [-0.05, 0) is 37.5 Å². The van der Waals surface area contributed by atoms with Crippen LogP contribution in [-0.2, 0) is 5.41 Å². The van der Waals surface area contributed by atoms with E-state index in [-0.39, 0.29) is 5.41 Å². The molecule has 2 heteroatoms. The van der Waals surface area contributed by atoms with E-state index in [0.29, 0.717) is 6.42 Å². The lowest BCUT2D eigenvalue weighted by molar-refractivity contribution is 0.469. The Morgan fingerprint density at radius 3 is 2.22 bits per heavy atom. The number of hydrogen-bond donors (Lipinski definition) is 1. The second kappa shape index (κ2) is 6.02. The molecule has 18 heavy (non-hydrogen) atoms. The van der Waals surface area contributed by atoms with E-state index in [1.54, 1.807) is 0 Å². The molecule has 0 spiro atoms. The van der Waals surface area contributed by atoms with Crippen LogP contribution in [0.3, 0.4) is 0 Å². The smallest absolute Gasteiger partial charge is 0.0635 e. The van der Waals surface area contributed by atoms with Crippen LogP contribution in [-0.4, -0.2) is 13.1 Å². The lowest BCUT2D eigenvalue weighted by Gasteiger charge is -2.29. The average Bonchev–Trinajstić information content (AvgIpc) is 2.22. The first-order valence-electron chi connectivity index (χ1n) is 6.54. The summed E-state index contributed by atoms with van der Waals surface area (Å²) in [7, 11) is 0. The Morgan fingerprint density at radius 2 is 1.72 bits per heavy atom. The molecule has 1 rings (SSSR count). The molecule has 0 amide bonds. The topological polar surface area (TPSA) is 35.8 Å². The fraction of sp³-hybridized carbons (Fsp3) is 0.562. The second-order valence-corrected chi connectivity index (χ2v) is 5.74. The predicted octanol–water partition coefficient (Wildman–Crippen LogP) is 3.39. The summed E-state index contributed by atoms with van der Waals surface area (Å²) in [4.78, 5) is 0. The van der Waals surface area contributed by atoms with Crippen LogP contribution in [0, 0.1) is 32.1 Å².